The van der Waals surface area contributed by atoms with E-state index in [1.165, 1.54) is 12.7 Å². The summed E-state index contributed by atoms with van der Waals surface area (Å²) in [5.74, 6) is -0.384. The molecule has 2 aromatic heterocycles. The lowest BCUT2D eigenvalue weighted by atomic mass is 10.2. The molecule has 3 aromatic rings. The molecular formula is C15H12N6O2. The highest BCUT2D eigenvalue weighted by molar-refractivity contribution is 6.07. The molecule has 2 heterocycles. The smallest absolute Gasteiger partial charge is 0.256 e. The summed E-state index contributed by atoms with van der Waals surface area (Å²) in [5, 5.41) is 5.29. The van der Waals surface area contributed by atoms with E-state index in [1.54, 1.807) is 24.3 Å². The molecule has 0 atom stereocenters. The number of anilines is 2. The highest BCUT2D eigenvalue weighted by Crippen LogP contribution is 2.17. The van der Waals surface area contributed by atoms with Crippen molar-refractivity contribution in [2.75, 3.05) is 10.6 Å². The first-order valence-electron chi connectivity index (χ1n) is 6.66. The van der Waals surface area contributed by atoms with Crippen molar-refractivity contribution >= 4 is 34.5 Å². The summed E-state index contributed by atoms with van der Waals surface area (Å²) in [6, 6.07) is 6.53. The third kappa shape index (κ3) is 3.05. The number of benzene rings is 1. The van der Waals surface area contributed by atoms with Gasteiger partial charge in [-0.25, -0.2) is 15.0 Å². The fourth-order valence-electron chi connectivity index (χ4n) is 1.97. The van der Waals surface area contributed by atoms with Crippen LogP contribution in [-0.4, -0.2) is 31.8 Å². The summed E-state index contributed by atoms with van der Waals surface area (Å²) in [5.41, 5.74) is 1.87. The van der Waals surface area contributed by atoms with Gasteiger partial charge in [0.25, 0.3) is 5.91 Å². The Morgan fingerprint density at radius 1 is 1.17 bits per heavy atom. The number of H-pyrrole nitrogens is 1. The number of hydrogen-bond acceptors (Lipinski definition) is 5. The summed E-state index contributed by atoms with van der Waals surface area (Å²) in [6.45, 7) is 3.38. The van der Waals surface area contributed by atoms with Crippen molar-refractivity contribution in [1.29, 1.82) is 0 Å². The van der Waals surface area contributed by atoms with Gasteiger partial charge < -0.3 is 15.6 Å². The van der Waals surface area contributed by atoms with Gasteiger partial charge in [0.15, 0.2) is 11.5 Å². The third-order valence-corrected chi connectivity index (χ3v) is 3.03. The normalized spacial score (nSPS) is 10.3. The highest BCUT2D eigenvalue weighted by Gasteiger charge is 2.12. The molecule has 0 aliphatic carbocycles. The Balaban J connectivity index is 1.83. The van der Waals surface area contributed by atoms with Crippen LogP contribution in [0, 0.1) is 0 Å². The second-order valence-electron chi connectivity index (χ2n) is 4.55. The molecule has 0 unspecified atom stereocenters. The lowest BCUT2D eigenvalue weighted by molar-refractivity contribution is -0.111. The number of aromatic nitrogens is 4. The zero-order valence-corrected chi connectivity index (χ0v) is 11.9. The number of nitrogens with zero attached hydrogens (tertiary/aromatic N) is 3. The van der Waals surface area contributed by atoms with Crippen LogP contribution in [0.3, 0.4) is 0 Å². The minimum atomic E-state index is -0.366. The topological polar surface area (TPSA) is 113 Å². The fourth-order valence-corrected chi connectivity index (χ4v) is 1.97. The van der Waals surface area contributed by atoms with E-state index in [9.17, 15) is 9.59 Å². The van der Waals surface area contributed by atoms with Crippen LogP contribution in [0.25, 0.3) is 11.2 Å². The second kappa shape index (κ2) is 6.06. The zero-order valence-electron chi connectivity index (χ0n) is 11.9. The van der Waals surface area contributed by atoms with E-state index in [0.717, 1.165) is 6.08 Å². The van der Waals surface area contributed by atoms with Gasteiger partial charge >= 0.3 is 0 Å². The molecule has 0 spiro atoms. The molecule has 3 rings (SSSR count). The van der Waals surface area contributed by atoms with Crippen molar-refractivity contribution in [3.05, 3.63) is 55.1 Å². The molecule has 3 N–H and O–H groups in total. The van der Waals surface area contributed by atoms with Crippen molar-refractivity contribution in [1.82, 2.24) is 19.9 Å². The molecule has 2 amide bonds. The van der Waals surface area contributed by atoms with Crippen molar-refractivity contribution in [3.63, 3.8) is 0 Å². The van der Waals surface area contributed by atoms with Gasteiger partial charge in [-0.2, -0.15) is 0 Å². The van der Waals surface area contributed by atoms with Gasteiger partial charge in [-0.3, -0.25) is 9.59 Å². The van der Waals surface area contributed by atoms with Crippen molar-refractivity contribution in [3.8, 4) is 0 Å². The maximum absolute atomic E-state index is 12.3. The number of hydrogen-bond donors (Lipinski definition) is 3. The number of rotatable bonds is 4. The van der Waals surface area contributed by atoms with Crippen LogP contribution >= 0.6 is 0 Å². The molecule has 8 heteroatoms. The molecule has 0 radical (unpaired) electrons. The number of carbonyl (C=O) groups excluding carboxylic acids is 2. The van der Waals surface area contributed by atoms with Gasteiger partial charge in [0.05, 0.1) is 6.33 Å². The van der Waals surface area contributed by atoms with E-state index in [1.807, 2.05) is 0 Å². The summed E-state index contributed by atoms with van der Waals surface area (Å²) in [4.78, 5) is 38.5. The predicted molar refractivity (Wildman–Crippen MR) is 84.9 cm³/mol. The average Bonchev–Trinajstić information content (AvgIpc) is 3.04. The van der Waals surface area contributed by atoms with Gasteiger partial charge in [-0.15, -0.1) is 0 Å². The fraction of sp³-hybridized carbons (Fsp3) is 0. The highest BCUT2D eigenvalue weighted by atomic mass is 16.2. The number of amides is 2. The van der Waals surface area contributed by atoms with E-state index >= 15 is 0 Å². The Hall–Kier alpha value is -3.55. The Kier molecular flexibility index (Phi) is 3.79. The van der Waals surface area contributed by atoms with Crippen LogP contribution in [0.5, 0.6) is 0 Å². The molecule has 0 bridgehead atoms. The van der Waals surface area contributed by atoms with Crippen molar-refractivity contribution in [2.24, 2.45) is 0 Å². The Morgan fingerprint density at radius 2 is 2.04 bits per heavy atom. The Labute approximate surface area is 130 Å². The van der Waals surface area contributed by atoms with Crippen LogP contribution in [0.1, 0.15) is 10.4 Å². The lowest BCUT2D eigenvalue weighted by Crippen LogP contribution is -2.14. The number of aromatic amines is 1. The van der Waals surface area contributed by atoms with E-state index in [2.05, 4.69) is 37.1 Å². The number of nitrogens with one attached hydrogen (secondary N) is 3. The minimum absolute atomic E-state index is 0.332. The standard InChI is InChI=1S/C15H12N6O2/c1-2-11(22)20-10-5-3-4-9(6-10)15(23)21-14-12-13(17-7-16-12)18-8-19-14/h2-8H,1H2,(H,20,22)(H2,16,17,18,19,21,23). The molecule has 23 heavy (non-hydrogen) atoms. The third-order valence-electron chi connectivity index (χ3n) is 3.03. The van der Waals surface area contributed by atoms with E-state index in [4.69, 9.17) is 0 Å². The maximum atomic E-state index is 12.3. The quantitative estimate of drug-likeness (QED) is 0.635. The van der Waals surface area contributed by atoms with Gasteiger partial charge in [0.2, 0.25) is 5.91 Å². The van der Waals surface area contributed by atoms with Crippen molar-refractivity contribution in [2.45, 2.75) is 0 Å². The van der Waals surface area contributed by atoms with Crippen LogP contribution in [0.2, 0.25) is 0 Å². The van der Waals surface area contributed by atoms with Gasteiger partial charge in [-0.05, 0) is 24.3 Å². The Bertz CT molecular complexity index is 902. The molecular weight excluding hydrogens is 296 g/mol. The van der Waals surface area contributed by atoms with Gasteiger partial charge in [-0.1, -0.05) is 12.6 Å². The first-order valence-corrected chi connectivity index (χ1v) is 6.66. The Morgan fingerprint density at radius 3 is 2.87 bits per heavy atom. The maximum Gasteiger partial charge on any atom is 0.256 e. The summed E-state index contributed by atoms with van der Waals surface area (Å²) >= 11 is 0. The molecule has 0 aliphatic rings. The van der Waals surface area contributed by atoms with Gasteiger partial charge in [0, 0.05) is 11.3 Å². The van der Waals surface area contributed by atoms with Crippen molar-refractivity contribution < 1.29 is 9.59 Å². The predicted octanol–water partition coefficient (Wildman–Crippen LogP) is 1.73. The number of carbonyl (C=O) groups is 2. The monoisotopic (exact) mass is 308 g/mol. The minimum Gasteiger partial charge on any atom is -0.340 e. The van der Waals surface area contributed by atoms with E-state index in [0.29, 0.717) is 28.2 Å². The van der Waals surface area contributed by atoms with Crippen LogP contribution in [-0.2, 0) is 4.79 Å². The molecule has 114 valence electrons. The van der Waals surface area contributed by atoms with E-state index in [-0.39, 0.29) is 11.8 Å². The second-order valence-corrected chi connectivity index (χ2v) is 4.55. The summed E-state index contributed by atoms with van der Waals surface area (Å²) < 4.78 is 0. The zero-order chi connectivity index (χ0) is 16.2. The average molecular weight is 308 g/mol. The van der Waals surface area contributed by atoms with Crippen LogP contribution in [0.15, 0.2) is 49.6 Å². The van der Waals surface area contributed by atoms with Crippen LogP contribution < -0.4 is 10.6 Å². The summed E-state index contributed by atoms with van der Waals surface area (Å²) in [7, 11) is 0. The molecule has 1 aromatic carbocycles. The first-order chi connectivity index (χ1) is 11.2. The lowest BCUT2D eigenvalue weighted by Gasteiger charge is -2.07. The molecule has 0 saturated heterocycles. The molecule has 8 nitrogen and oxygen atoms in total. The molecule has 0 saturated carbocycles. The number of fused-ring (bicyclic) bond motifs is 1. The first kappa shape index (κ1) is 14.4. The van der Waals surface area contributed by atoms with Gasteiger partial charge in [0.1, 0.15) is 11.8 Å². The van der Waals surface area contributed by atoms with E-state index < -0.39 is 0 Å². The molecule has 0 aliphatic heterocycles. The summed E-state index contributed by atoms with van der Waals surface area (Å²) in [6.07, 6.45) is 3.95. The van der Waals surface area contributed by atoms with Crippen LogP contribution in [0.4, 0.5) is 11.5 Å². The SMILES string of the molecule is C=CC(=O)Nc1cccc(C(=O)Nc2ncnc3nc[nH]c23)c1. The largest absolute Gasteiger partial charge is 0.340 e. The molecule has 0 fully saturated rings. The number of imidazole rings is 1.